The Labute approximate surface area is 131 Å². The Morgan fingerprint density at radius 3 is 2.19 bits per heavy atom. The van der Waals surface area contributed by atoms with E-state index in [0.717, 1.165) is 15.6 Å². The zero-order valence-electron chi connectivity index (χ0n) is 11.2. The van der Waals surface area contributed by atoms with Crippen LogP contribution >= 0.6 is 15.9 Å². The van der Waals surface area contributed by atoms with Crippen LogP contribution in [-0.2, 0) is 6.54 Å². The normalized spacial score (nSPS) is 10.5. The van der Waals surface area contributed by atoms with E-state index in [9.17, 15) is 4.79 Å². The summed E-state index contributed by atoms with van der Waals surface area (Å²) in [7, 11) is 0. The molecule has 1 aromatic heterocycles. The summed E-state index contributed by atoms with van der Waals surface area (Å²) in [5.41, 5.74) is 2.92. The minimum absolute atomic E-state index is 0.0565. The first kappa shape index (κ1) is 13.8. The van der Waals surface area contributed by atoms with Gasteiger partial charge in [0, 0.05) is 22.4 Å². The fourth-order valence-electron chi connectivity index (χ4n) is 2.12. The third-order valence-electron chi connectivity index (χ3n) is 3.25. The van der Waals surface area contributed by atoms with Gasteiger partial charge in [-0.15, -0.1) is 0 Å². The van der Waals surface area contributed by atoms with Gasteiger partial charge in [-0.2, -0.15) is 5.10 Å². The standard InChI is InChI=1S/C17H13BrN2O/c18-16-8-6-14(7-9-16)13-2-4-15(5-3-13)17(21)12-20-11-1-10-19-20/h1-11H,12H2. The number of Topliss-reactive ketones (excluding diaryl/α,β-unsaturated/α-hetero) is 1. The molecule has 21 heavy (non-hydrogen) atoms. The molecule has 0 bridgehead atoms. The van der Waals surface area contributed by atoms with E-state index in [0.29, 0.717) is 5.56 Å². The van der Waals surface area contributed by atoms with Crippen molar-refractivity contribution in [1.29, 1.82) is 0 Å². The van der Waals surface area contributed by atoms with E-state index in [-0.39, 0.29) is 12.3 Å². The van der Waals surface area contributed by atoms with Crippen molar-refractivity contribution in [3.8, 4) is 11.1 Å². The predicted molar refractivity (Wildman–Crippen MR) is 86.1 cm³/mol. The van der Waals surface area contributed by atoms with Gasteiger partial charge in [0.05, 0.1) is 0 Å². The first-order valence-corrected chi connectivity index (χ1v) is 7.38. The van der Waals surface area contributed by atoms with Gasteiger partial charge in [-0.3, -0.25) is 9.48 Å². The third kappa shape index (κ3) is 3.28. The van der Waals surface area contributed by atoms with Crippen molar-refractivity contribution in [2.75, 3.05) is 0 Å². The molecule has 0 spiro atoms. The molecule has 3 rings (SSSR count). The van der Waals surface area contributed by atoms with Crippen molar-refractivity contribution in [2.24, 2.45) is 0 Å². The Morgan fingerprint density at radius 2 is 1.62 bits per heavy atom. The van der Waals surface area contributed by atoms with Crippen LogP contribution in [0.25, 0.3) is 11.1 Å². The average Bonchev–Trinajstić information content (AvgIpc) is 3.01. The first-order valence-electron chi connectivity index (χ1n) is 6.59. The number of ketones is 1. The van der Waals surface area contributed by atoms with Crippen molar-refractivity contribution in [3.05, 3.63) is 77.0 Å². The minimum Gasteiger partial charge on any atom is -0.292 e. The lowest BCUT2D eigenvalue weighted by molar-refractivity contribution is 0.0968. The maximum atomic E-state index is 12.1. The molecule has 0 unspecified atom stereocenters. The molecule has 0 aliphatic heterocycles. The van der Waals surface area contributed by atoms with Gasteiger partial charge in [-0.25, -0.2) is 0 Å². The first-order chi connectivity index (χ1) is 10.2. The Morgan fingerprint density at radius 1 is 1.00 bits per heavy atom. The number of rotatable bonds is 4. The van der Waals surface area contributed by atoms with Crippen LogP contribution in [0.1, 0.15) is 10.4 Å². The van der Waals surface area contributed by atoms with Crippen LogP contribution in [0.5, 0.6) is 0 Å². The lowest BCUT2D eigenvalue weighted by Crippen LogP contribution is -2.10. The number of aromatic nitrogens is 2. The SMILES string of the molecule is O=C(Cn1cccn1)c1ccc(-c2ccc(Br)cc2)cc1. The predicted octanol–water partition coefficient (Wildman–Crippen LogP) is 4.20. The highest BCUT2D eigenvalue weighted by Crippen LogP contribution is 2.22. The Kier molecular flexibility index (Phi) is 3.97. The third-order valence-corrected chi connectivity index (χ3v) is 3.78. The lowest BCUT2D eigenvalue weighted by atomic mass is 10.0. The van der Waals surface area contributed by atoms with Crippen LogP contribution < -0.4 is 0 Å². The smallest absolute Gasteiger partial charge is 0.184 e. The Hall–Kier alpha value is -2.20. The second-order valence-corrected chi connectivity index (χ2v) is 5.63. The summed E-state index contributed by atoms with van der Waals surface area (Å²) in [4.78, 5) is 12.1. The van der Waals surface area contributed by atoms with Crippen LogP contribution in [0, 0.1) is 0 Å². The molecule has 0 N–H and O–H groups in total. The second kappa shape index (κ2) is 6.06. The molecule has 104 valence electrons. The highest BCUT2D eigenvalue weighted by Gasteiger charge is 2.07. The quantitative estimate of drug-likeness (QED) is 0.667. The number of benzene rings is 2. The fourth-order valence-corrected chi connectivity index (χ4v) is 2.39. The van der Waals surface area contributed by atoms with E-state index < -0.39 is 0 Å². The zero-order valence-corrected chi connectivity index (χ0v) is 12.8. The monoisotopic (exact) mass is 340 g/mol. The van der Waals surface area contributed by atoms with Gasteiger partial charge in [0.1, 0.15) is 6.54 Å². The summed E-state index contributed by atoms with van der Waals surface area (Å²) in [5.74, 6) is 0.0565. The summed E-state index contributed by atoms with van der Waals surface area (Å²) < 4.78 is 2.68. The molecular weight excluding hydrogens is 328 g/mol. The largest absolute Gasteiger partial charge is 0.292 e. The average molecular weight is 341 g/mol. The van der Waals surface area contributed by atoms with Crippen molar-refractivity contribution in [3.63, 3.8) is 0 Å². The summed E-state index contributed by atoms with van der Waals surface area (Å²) in [6.07, 6.45) is 3.46. The summed E-state index contributed by atoms with van der Waals surface area (Å²) in [6, 6.07) is 17.6. The van der Waals surface area contributed by atoms with Gasteiger partial charge in [0.25, 0.3) is 0 Å². The number of carbonyl (C=O) groups is 1. The number of halogens is 1. The summed E-state index contributed by atoms with van der Waals surface area (Å²) in [5, 5.41) is 4.05. The number of carbonyl (C=O) groups excluding carboxylic acids is 1. The van der Waals surface area contributed by atoms with Crippen molar-refractivity contribution in [2.45, 2.75) is 6.54 Å². The maximum absolute atomic E-state index is 12.1. The van der Waals surface area contributed by atoms with Crippen molar-refractivity contribution >= 4 is 21.7 Å². The minimum atomic E-state index is 0.0565. The van der Waals surface area contributed by atoms with Crippen molar-refractivity contribution in [1.82, 2.24) is 9.78 Å². The van der Waals surface area contributed by atoms with E-state index in [1.807, 2.05) is 54.6 Å². The molecule has 3 nitrogen and oxygen atoms in total. The molecule has 0 aliphatic carbocycles. The van der Waals surface area contributed by atoms with Gasteiger partial charge in [0.15, 0.2) is 5.78 Å². The highest BCUT2D eigenvalue weighted by molar-refractivity contribution is 9.10. The molecule has 0 fully saturated rings. The van der Waals surface area contributed by atoms with Crippen LogP contribution in [0.2, 0.25) is 0 Å². The lowest BCUT2D eigenvalue weighted by Gasteiger charge is -2.05. The second-order valence-electron chi connectivity index (χ2n) is 4.71. The molecule has 0 atom stereocenters. The molecule has 0 radical (unpaired) electrons. The van der Waals surface area contributed by atoms with Crippen LogP contribution in [0.4, 0.5) is 0 Å². The molecule has 0 saturated carbocycles. The van der Waals surface area contributed by atoms with Crippen LogP contribution in [-0.4, -0.2) is 15.6 Å². The summed E-state index contributed by atoms with van der Waals surface area (Å²) >= 11 is 3.42. The van der Waals surface area contributed by atoms with Gasteiger partial charge in [-0.1, -0.05) is 52.3 Å². The van der Waals surface area contributed by atoms with Gasteiger partial charge in [-0.05, 0) is 29.3 Å². The Bertz CT molecular complexity index is 731. The molecule has 3 aromatic rings. The molecular formula is C17H13BrN2O. The topological polar surface area (TPSA) is 34.9 Å². The Balaban J connectivity index is 1.77. The number of hydrogen-bond donors (Lipinski definition) is 0. The number of nitrogens with zero attached hydrogens (tertiary/aromatic N) is 2. The molecule has 1 heterocycles. The van der Waals surface area contributed by atoms with Crippen LogP contribution in [0.3, 0.4) is 0 Å². The van der Waals surface area contributed by atoms with E-state index >= 15 is 0 Å². The van der Waals surface area contributed by atoms with E-state index in [4.69, 9.17) is 0 Å². The molecule has 0 amide bonds. The zero-order chi connectivity index (χ0) is 14.7. The maximum Gasteiger partial charge on any atom is 0.184 e. The van der Waals surface area contributed by atoms with Gasteiger partial charge in [0.2, 0.25) is 0 Å². The number of hydrogen-bond acceptors (Lipinski definition) is 2. The van der Waals surface area contributed by atoms with E-state index in [1.54, 1.807) is 17.1 Å². The highest BCUT2D eigenvalue weighted by atomic mass is 79.9. The van der Waals surface area contributed by atoms with Gasteiger partial charge >= 0.3 is 0 Å². The molecule has 0 saturated heterocycles. The van der Waals surface area contributed by atoms with E-state index in [2.05, 4.69) is 21.0 Å². The summed E-state index contributed by atoms with van der Waals surface area (Å²) in [6.45, 7) is 0.268. The fraction of sp³-hybridized carbons (Fsp3) is 0.0588. The molecule has 0 aliphatic rings. The van der Waals surface area contributed by atoms with Gasteiger partial charge < -0.3 is 0 Å². The molecule has 2 aromatic carbocycles. The van der Waals surface area contributed by atoms with Crippen LogP contribution in [0.15, 0.2) is 71.5 Å². The van der Waals surface area contributed by atoms with E-state index in [1.165, 1.54) is 0 Å². The molecule has 4 heteroatoms. The van der Waals surface area contributed by atoms with Crippen molar-refractivity contribution < 1.29 is 4.79 Å².